The van der Waals surface area contributed by atoms with Gasteiger partial charge in [0.1, 0.15) is 0 Å². The molecule has 1 saturated carbocycles. The van der Waals surface area contributed by atoms with Gasteiger partial charge in [0.2, 0.25) is 0 Å². The van der Waals surface area contributed by atoms with Crippen molar-refractivity contribution < 1.29 is 4.79 Å². The minimum absolute atomic E-state index is 0. The molecule has 1 atom stereocenters. The maximum absolute atomic E-state index is 13.3. The largest absolute Gasteiger partial charge is 0.338 e. The maximum atomic E-state index is 13.3. The Kier molecular flexibility index (Phi) is 6.68. The first-order chi connectivity index (χ1) is 11.8. The van der Waals surface area contributed by atoms with E-state index in [4.69, 9.17) is 22.3 Å². The lowest BCUT2D eigenvalue weighted by Gasteiger charge is -2.42. The summed E-state index contributed by atoms with van der Waals surface area (Å²) in [5.74, 6) is 0.564. The Morgan fingerprint density at radius 2 is 1.93 bits per heavy atom. The minimum Gasteiger partial charge on any atom is -0.338 e. The molecule has 2 heterocycles. The molecule has 1 saturated heterocycles. The summed E-state index contributed by atoms with van der Waals surface area (Å²) < 4.78 is 0. The van der Waals surface area contributed by atoms with E-state index in [0.29, 0.717) is 24.0 Å². The molecule has 7 heteroatoms. The smallest absolute Gasteiger partial charge is 0.254 e. The van der Waals surface area contributed by atoms with E-state index in [0.717, 1.165) is 41.4 Å². The zero-order chi connectivity index (χ0) is 17.8. The summed E-state index contributed by atoms with van der Waals surface area (Å²) in [6.45, 7) is 5.64. The van der Waals surface area contributed by atoms with Gasteiger partial charge in [0.25, 0.3) is 5.91 Å². The van der Waals surface area contributed by atoms with Crippen molar-refractivity contribution in [3.05, 3.63) is 40.5 Å². The molecule has 0 radical (unpaired) electrons. The van der Waals surface area contributed by atoms with E-state index in [1.165, 1.54) is 0 Å². The first kappa shape index (κ1) is 22.2. The molecule has 148 valence electrons. The molecule has 1 aromatic carbocycles. The van der Waals surface area contributed by atoms with Crippen molar-refractivity contribution in [2.24, 2.45) is 11.1 Å². The topological polar surface area (TPSA) is 59.2 Å². The van der Waals surface area contributed by atoms with Gasteiger partial charge < -0.3 is 10.6 Å². The van der Waals surface area contributed by atoms with Crippen LogP contribution in [0.3, 0.4) is 0 Å². The van der Waals surface area contributed by atoms with E-state index in [2.05, 4.69) is 13.8 Å². The number of fused-ring (bicyclic) bond motifs is 1. The van der Waals surface area contributed by atoms with Crippen LogP contribution in [0.15, 0.2) is 24.3 Å². The van der Waals surface area contributed by atoms with Crippen molar-refractivity contribution in [3.8, 4) is 0 Å². The number of nitrogens with zero attached hydrogens (tertiary/aromatic N) is 2. The van der Waals surface area contributed by atoms with Crippen LogP contribution in [0.1, 0.15) is 55.1 Å². The number of hydrogen-bond donors (Lipinski definition) is 1. The van der Waals surface area contributed by atoms with Gasteiger partial charge in [0.05, 0.1) is 11.1 Å². The number of amides is 1. The quantitative estimate of drug-likeness (QED) is 0.744. The Labute approximate surface area is 177 Å². The predicted octanol–water partition coefficient (Wildman–Crippen LogP) is 4.81. The van der Waals surface area contributed by atoms with Crippen molar-refractivity contribution in [1.29, 1.82) is 0 Å². The number of hydrogen-bond acceptors (Lipinski definition) is 3. The summed E-state index contributed by atoms with van der Waals surface area (Å²) in [4.78, 5) is 20.0. The number of carbonyl (C=O) groups excluding carboxylic acids is 1. The van der Waals surface area contributed by atoms with E-state index in [-0.39, 0.29) is 42.2 Å². The molecule has 1 unspecified atom stereocenters. The lowest BCUT2D eigenvalue weighted by Crippen LogP contribution is -2.54. The first-order valence-corrected chi connectivity index (χ1v) is 9.38. The fourth-order valence-electron chi connectivity index (χ4n) is 3.70. The van der Waals surface area contributed by atoms with E-state index in [1.54, 1.807) is 0 Å². The van der Waals surface area contributed by atoms with Gasteiger partial charge in [-0.2, -0.15) is 0 Å². The molecule has 1 amide bonds. The van der Waals surface area contributed by atoms with E-state index >= 15 is 0 Å². The van der Waals surface area contributed by atoms with Crippen LogP contribution in [0, 0.1) is 5.41 Å². The molecule has 1 aromatic heterocycles. The molecule has 0 spiro atoms. The van der Waals surface area contributed by atoms with Gasteiger partial charge in [-0.3, -0.25) is 9.78 Å². The number of rotatable bonds is 2. The summed E-state index contributed by atoms with van der Waals surface area (Å²) in [5.41, 5.74) is 8.76. The molecule has 4 rings (SSSR count). The molecule has 2 aromatic rings. The second-order valence-corrected chi connectivity index (χ2v) is 8.58. The third-order valence-electron chi connectivity index (χ3n) is 5.62. The fraction of sp³-hybridized carbons (Fsp3) is 0.500. The van der Waals surface area contributed by atoms with Crippen LogP contribution in [-0.4, -0.2) is 34.9 Å². The molecule has 2 fully saturated rings. The van der Waals surface area contributed by atoms with Crippen molar-refractivity contribution in [2.75, 3.05) is 13.1 Å². The second-order valence-electron chi connectivity index (χ2n) is 8.14. The fourth-order valence-corrected chi connectivity index (χ4v) is 3.87. The van der Waals surface area contributed by atoms with Gasteiger partial charge in [-0.05, 0) is 48.9 Å². The average Bonchev–Trinajstić information content (AvgIpc) is 3.40. The number of pyridine rings is 1. The Hall–Kier alpha value is -1.07. The van der Waals surface area contributed by atoms with Crippen molar-refractivity contribution in [2.45, 2.75) is 45.1 Å². The van der Waals surface area contributed by atoms with Crippen LogP contribution < -0.4 is 5.73 Å². The summed E-state index contributed by atoms with van der Waals surface area (Å²) in [7, 11) is 0. The molecule has 2 aliphatic rings. The number of carbonyl (C=O) groups is 1. The number of benzene rings is 1. The minimum atomic E-state index is -0.0757. The Balaban J connectivity index is 0.00000131. The normalized spacial score (nSPS) is 21.3. The maximum Gasteiger partial charge on any atom is 0.254 e. The van der Waals surface area contributed by atoms with Gasteiger partial charge in [0, 0.05) is 41.2 Å². The molecule has 4 nitrogen and oxygen atoms in total. The molecule has 2 N–H and O–H groups in total. The van der Waals surface area contributed by atoms with Gasteiger partial charge in [-0.1, -0.05) is 25.4 Å². The highest BCUT2D eigenvalue weighted by molar-refractivity contribution is 6.31. The summed E-state index contributed by atoms with van der Waals surface area (Å²) in [6.07, 6.45) is 3.15. The SMILES string of the molecule is CC1(C)CN(C(=O)c2cc(C3CC3)nc3ccc(Cl)cc23)CCC1N.Cl.Cl. The van der Waals surface area contributed by atoms with Crippen molar-refractivity contribution in [1.82, 2.24) is 9.88 Å². The predicted molar refractivity (Wildman–Crippen MR) is 116 cm³/mol. The third-order valence-corrected chi connectivity index (χ3v) is 5.85. The van der Waals surface area contributed by atoms with Crippen LogP contribution in [0.2, 0.25) is 5.02 Å². The monoisotopic (exact) mass is 429 g/mol. The zero-order valence-electron chi connectivity index (χ0n) is 15.6. The summed E-state index contributed by atoms with van der Waals surface area (Å²) >= 11 is 6.19. The van der Waals surface area contributed by atoms with Crippen LogP contribution in [0.5, 0.6) is 0 Å². The van der Waals surface area contributed by atoms with Crippen LogP contribution in [0.4, 0.5) is 0 Å². The standard InChI is InChI=1S/C20H24ClN3O.2ClH/c1-20(2)11-24(8-7-18(20)22)19(25)15-10-17(12-3-4-12)23-16-6-5-13(21)9-14(15)16;;/h5-6,9-10,12,18H,3-4,7-8,11,22H2,1-2H3;2*1H. The third kappa shape index (κ3) is 4.34. The van der Waals surface area contributed by atoms with Crippen LogP contribution >= 0.6 is 36.4 Å². The average molecular weight is 431 g/mol. The Morgan fingerprint density at radius 1 is 1.22 bits per heavy atom. The van der Waals surface area contributed by atoms with Crippen LogP contribution in [-0.2, 0) is 0 Å². The molecular formula is C20H26Cl3N3O. The molecule has 27 heavy (non-hydrogen) atoms. The number of piperidine rings is 1. The number of likely N-dealkylation sites (tertiary alicyclic amines) is 1. The van der Waals surface area contributed by atoms with E-state index in [9.17, 15) is 4.79 Å². The lowest BCUT2D eigenvalue weighted by molar-refractivity contribution is 0.0534. The van der Waals surface area contributed by atoms with Crippen LogP contribution in [0.25, 0.3) is 10.9 Å². The second kappa shape index (κ2) is 8.12. The molecule has 1 aliphatic heterocycles. The number of halogens is 3. The molecule has 0 bridgehead atoms. The first-order valence-electron chi connectivity index (χ1n) is 9.00. The molecule has 1 aliphatic carbocycles. The van der Waals surface area contributed by atoms with Gasteiger partial charge in [-0.15, -0.1) is 24.8 Å². The Bertz CT molecular complexity index is 852. The van der Waals surface area contributed by atoms with E-state index < -0.39 is 0 Å². The zero-order valence-corrected chi connectivity index (χ0v) is 18.0. The van der Waals surface area contributed by atoms with E-state index in [1.807, 2.05) is 29.2 Å². The molecular weight excluding hydrogens is 405 g/mol. The summed E-state index contributed by atoms with van der Waals surface area (Å²) in [6, 6.07) is 7.72. The lowest BCUT2D eigenvalue weighted by atomic mass is 9.79. The number of aromatic nitrogens is 1. The van der Waals surface area contributed by atoms with Gasteiger partial charge in [-0.25, -0.2) is 0 Å². The van der Waals surface area contributed by atoms with Gasteiger partial charge >= 0.3 is 0 Å². The Morgan fingerprint density at radius 3 is 2.56 bits per heavy atom. The highest BCUT2D eigenvalue weighted by atomic mass is 35.5. The number of nitrogens with two attached hydrogens (primary N) is 1. The highest BCUT2D eigenvalue weighted by Crippen LogP contribution is 2.40. The van der Waals surface area contributed by atoms with Crippen molar-refractivity contribution >= 4 is 53.2 Å². The summed E-state index contributed by atoms with van der Waals surface area (Å²) in [5, 5.41) is 1.47. The van der Waals surface area contributed by atoms with Crippen molar-refractivity contribution in [3.63, 3.8) is 0 Å². The highest BCUT2D eigenvalue weighted by Gasteiger charge is 2.36. The van der Waals surface area contributed by atoms with Gasteiger partial charge in [0.15, 0.2) is 0 Å².